The first-order chi connectivity index (χ1) is 12.4. The Balaban J connectivity index is 1.55. The van der Waals surface area contributed by atoms with Crippen molar-refractivity contribution in [3.63, 3.8) is 0 Å². The Morgan fingerprint density at radius 1 is 1.04 bits per heavy atom. The molecule has 0 heterocycles. The van der Waals surface area contributed by atoms with Crippen LogP contribution in [0.4, 0.5) is 0 Å². The summed E-state index contributed by atoms with van der Waals surface area (Å²) >= 11 is 0. The van der Waals surface area contributed by atoms with E-state index in [-0.39, 0.29) is 0 Å². The van der Waals surface area contributed by atoms with Crippen LogP contribution >= 0.6 is 0 Å². The van der Waals surface area contributed by atoms with Crippen LogP contribution in [0.2, 0.25) is 0 Å². The lowest BCUT2D eigenvalue weighted by Gasteiger charge is -2.58. The second-order valence-corrected chi connectivity index (χ2v) is 10.7. The molecule has 146 valence electrons. The van der Waals surface area contributed by atoms with Crippen LogP contribution in [0.25, 0.3) is 0 Å². The highest BCUT2D eigenvalue weighted by Crippen LogP contribution is 2.66. The van der Waals surface area contributed by atoms with Gasteiger partial charge in [0.05, 0.1) is 0 Å². The maximum atomic E-state index is 11.0. The van der Waals surface area contributed by atoms with Gasteiger partial charge in [-0.3, -0.25) is 4.79 Å². The molecule has 26 heavy (non-hydrogen) atoms. The minimum atomic E-state index is -0.633. The number of carboxylic acids is 1. The first kappa shape index (κ1) is 18.6. The fourth-order valence-corrected chi connectivity index (χ4v) is 8.18. The van der Waals surface area contributed by atoms with Crippen molar-refractivity contribution in [2.75, 3.05) is 0 Å². The monoisotopic (exact) mass is 358 g/mol. The van der Waals surface area contributed by atoms with Gasteiger partial charge < -0.3 is 5.11 Å². The van der Waals surface area contributed by atoms with Crippen LogP contribution in [-0.4, -0.2) is 11.1 Å². The van der Waals surface area contributed by atoms with Gasteiger partial charge in [0.15, 0.2) is 0 Å². The summed E-state index contributed by atoms with van der Waals surface area (Å²) in [5.41, 5.74) is 0.979. The molecule has 0 spiro atoms. The highest BCUT2D eigenvalue weighted by molar-refractivity contribution is 5.66. The van der Waals surface area contributed by atoms with Crippen molar-refractivity contribution in [3.8, 4) is 0 Å². The number of carbonyl (C=O) groups is 1. The van der Waals surface area contributed by atoms with Gasteiger partial charge in [-0.25, -0.2) is 0 Å². The summed E-state index contributed by atoms with van der Waals surface area (Å²) in [6, 6.07) is 0. The van der Waals surface area contributed by atoms with E-state index in [2.05, 4.69) is 32.9 Å². The summed E-state index contributed by atoms with van der Waals surface area (Å²) in [5.74, 6) is 3.96. The first-order valence-corrected chi connectivity index (χ1v) is 11.3. The summed E-state index contributed by atoms with van der Waals surface area (Å²) in [6.07, 6.45) is 17.6. The molecule has 0 amide bonds. The van der Waals surface area contributed by atoms with Crippen LogP contribution < -0.4 is 0 Å². The molecule has 0 radical (unpaired) electrons. The second-order valence-electron chi connectivity index (χ2n) is 10.7. The molecule has 8 atom stereocenters. The van der Waals surface area contributed by atoms with E-state index >= 15 is 0 Å². The Morgan fingerprint density at radius 2 is 1.81 bits per heavy atom. The molecule has 0 aromatic carbocycles. The Bertz CT molecular complexity index is 581. The molecule has 2 heteroatoms. The smallest absolute Gasteiger partial charge is 0.303 e. The topological polar surface area (TPSA) is 37.3 Å². The second kappa shape index (κ2) is 6.67. The zero-order valence-electron chi connectivity index (χ0n) is 17.0. The molecule has 1 N–H and O–H groups in total. The maximum Gasteiger partial charge on any atom is 0.303 e. The average molecular weight is 359 g/mol. The van der Waals surface area contributed by atoms with Gasteiger partial charge in [-0.1, -0.05) is 45.8 Å². The zero-order chi connectivity index (χ0) is 18.5. The third kappa shape index (κ3) is 2.78. The van der Waals surface area contributed by atoms with E-state index in [1.54, 1.807) is 0 Å². The van der Waals surface area contributed by atoms with Crippen molar-refractivity contribution >= 4 is 5.97 Å². The summed E-state index contributed by atoms with van der Waals surface area (Å²) in [7, 11) is 0. The van der Waals surface area contributed by atoms with Gasteiger partial charge in [0.25, 0.3) is 0 Å². The Hall–Kier alpha value is -0.790. The van der Waals surface area contributed by atoms with Crippen molar-refractivity contribution < 1.29 is 9.90 Å². The van der Waals surface area contributed by atoms with E-state index in [1.165, 1.54) is 51.4 Å². The minimum absolute atomic E-state index is 0.337. The summed E-state index contributed by atoms with van der Waals surface area (Å²) in [4.78, 5) is 11.0. The SMILES string of the molecule is C[C@@H](CCC(=O)O)C1CCC2C3C=C[C@@H]4CCCC[C@]4(C)C3CC[C@@]21C. The minimum Gasteiger partial charge on any atom is -0.481 e. The number of allylic oxidation sites excluding steroid dienone is 2. The first-order valence-electron chi connectivity index (χ1n) is 11.3. The van der Waals surface area contributed by atoms with Crippen LogP contribution in [0.15, 0.2) is 12.2 Å². The Kier molecular flexibility index (Phi) is 4.77. The number of rotatable bonds is 4. The van der Waals surface area contributed by atoms with Gasteiger partial charge in [0, 0.05) is 6.42 Å². The molecule has 0 saturated heterocycles. The van der Waals surface area contributed by atoms with E-state index in [9.17, 15) is 4.79 Å². The van der Waals surface area contributed by atoms with Gasteiger partial charge in [-0.05, 0) is 91.3 Å². The Labute approximate surface area is 159 Å². The van der Waals surface area contributed by atoms with Crippen molar-refractivity contribution in [2.45, 2.75) is 85.0 Å². The van der Waals surface area contributed by atoms with Gasteiger partial charge in [-0.2, -0.15) is 0 Å². The van der Waals surface area contributed by atoms with Crippen molar-refractivity contribution in [1.29, 1.82) is 0 Å². The lowest BCUT2D eigenvalue weighted by Crippen LogP contribution is -2.51. The quantitative estimate of drug-likeness (QED) is 0.598. The molecule has 0 aliphatic heterocycles. The lowest BCUT2D eigenvalue weighted by molar-refractivity contribution is -0.137. The number of hydrogen-bond donors (Lipinski definition) is 1. The maximum absolute atomic E-state index is 11.0. The fraction of sp³-hybridized carbons (Fsp3) is 0.875. The predicted octanol–water partition coefficient (Wildman–Crippen LogP) is 6.31. The van der Waals surface area contributed by atoms with Crippen LogP contribution in [0.3, 0.4) is 0 Å². The standard InChI is InChI=1S/C24H38O2/c1-16(7-12-22(25)26)19-10-11-20-18-9-8-17-6-4-5-14-23(17,2)21(18)13-15-24(19,20)3/h8-9,16-21H,4-7,10-15H2,1-3H3,(H,25,26)/t16-,17-,18?,19?,20?,21?,23-,24+/m0/s1. The van der Waals surface area contributed by atoms with Gasteiger partial charge in [0.1, 0.15) is 0 Å². The normalized spacial score (nSPS) is 48.3. The predicted molar refractivity (Wildman–Crippen MR) is 106 cm³/mol. The number of carboxylic acid groups (broad SMARTS) is 1. The molecule has 0 aromatic heterocycles. The Morgan fingerprint density at radius 3 is 2.58 bits per heavy atom. The van der Waals surface area contributed by atoms with Crippen molar-refractivity contribution in [2.24, 2.45) is 46.3 Å². The third-order valence-electron chi connectivity index (χ3n) is 9.65. The molecule has 4 unspecified atom stereocenters. The summed E-state index contributed by atoms with van der Waals surface area (Å²) < 4.78 is 0. The molecule has 0 aromatic rings. The highest BCUT2D eigenvalue weighted by atomic mass is 16.4. The zero-order valence-corrected chi connectivity index (χ0v) is 17.0. The van der Waals surface area contributed by atoms with Crippen LogP contribution in [0, 0.1) is 46.3 Å². The molecule has 2 nitrogen and oxygen atoms in total. The van der Waals surface area contributed by atoms with Gasteiger partial charge in [0.2, 0.25) is 0 Å². The van der Waals surface area contributed by atoms with E-state index in [4.69, 9.17) is 5.11 Å². The highest BCUT2D eigenvalue weighted by Gasteiger charge is 2.58. The fourth-order valence-electron chi connectivity index (χ4n) is 8.18. The van der Waals surface area contributed by atoms with Gasteiger partial charge >= 0.3 is 5.97 Å². The molecule has 4 aliphatic carbocycles. The molecule has 4 aliphatic rings. The van der Waals surface area contributed by atoms with E-state index in [1.807, 2.05) is 0 Å². The number of fused-ring (bicyclic) bond motifs is 5. The molecule has 3 fully saturated rings. The number of aliphatic carboxylic acids is 1. The van der Waals surface area contributed by atoms with E-state index in [0.29, 0.717) is 23.2 Å². The third-order valence-corrected chi connectivity index (χ3v) is 9.65. The van der Waals surface area contributed by atoms with E-state index in [0.717, 1.165) is 36.0 Å². The largest absolute Gasteiger partial charge is 0.481 e. The summed E-state index contributed by atoms with van der Waals surface area (Å²) in [6.45, 7) is 7.50. The molecule has 0 bridgehead atoms. The molecular formula is C24H38O2. The van der Waals surface area contributed by atoms with Crippen molar-refractivity contribution in [1.82, 2.24) is 0 Å². The van der Waals surface area contributed by atoms with Crippen molar-refractivity contribution in [3.05, 3.63) is 12.2 Å². The average Bonchev–Trinajstić information content (AvgIpc) is 2.96. The van der Waals surface area contributed by atoms with Crippen LogP contribution in [0.5, 0.6) is 0 Å². The van der Waals surface area contributed by atoms with Gasteiger partial charge in [-0.15, -0.1) is 0 Å². The molecular weight excluding hydrogens is 320 g/mol. The molecule has 3 saturated carbocycles. The summed E-state index contributed by atoms with van der Waals surface area (Å²) in [5, 5.41) is 9.09. The molecule has 4 rings (SSSR count). The van der Waals surface area contributed by atoms with Crippen LogP contribution in [-0.2, 0) is 4.79 Å². The number of hydrogen-bond acceptors (Lipinski definition) is 1. The van der Waals surface area contributed by atoms with E-state index < -0.39 is 5.97 Å². The van der Waals surface area contributed by atoms with Crippen LogP contribution in [0.1, 0.15) is 85.0 Å². The lowest BCUT2D eigenvalue weighted by atomic mass is 9.46.